The van der Waals surface area contributed by atoms with Gasteiger partial charge in [-0.2, -0.15) is 25.7 Å². The SMILES string of the molecule is Cc1cc(-c2cc3c(F)cc(C4CCNCC4)cc3nn2)cc2cn(C)nc12.Cc1cn2nc(-c3cc(F)c4cc(C5CCN(C)CC5)nnc4c3)cc(C#N)c2n1. The van der Waals surface area contributed by atoms with Crippen LogP contribution in [-0.4, -0.2) is 82.9 Å². The number of imidazole rings is 1. The first-order chi connectivity index (χ1) is 28.1. The zero-order valence-electron chi connectivity index (χ0n) is 32.8. The summed E-state index contributed by atoms with van der Waals surface area (Å²) in [5, 5.41) is 41.3. The average molecular weight is 777 g/mol. The lowest BCUT2D eigenvalue weighted by Crippen LogP contribution is -2.29. The first kappa shape index (κ1) is 37.3. The first-order valence-electron chi connectivity index (χ1n) is 19.6. The summed E-state index contributed by atoms with van der Waals surface area (Å²) in [6, 6.07) is 18.4. The number of nitrogens with zero attached hydrogens (tertiary/aromatic N) is 11. The fourth-order valence-corrected chi connectivity index (χ4v) is 8.32. The second-order valence-electron chi connectivity index (χ2n) is 15.7. The molecule has 292 valence electrons. The second kappa shape index (κ2) is 15.2. The topological polar surface area (TPSA) is 139 Å². The van der Waals surface area contributed by atoms with Crippen molar-refractivity contribution in [3.8, 4) is 28.6 Å². The van der Waals surface area contributed by atoms with Gasteiger partial charge in [-0.15, -0.1) is 10.2 Å². The van der Waals surface area contributed by atoms with E-state index in [0.29, 0.717) is 61.8 Å². The largest absolute Gasteiger partial charge is 0.317 e. The number of hydrogen-bond acceptors (Lipinski definition) is 10. The highest BCUT2D eigenvalue weighted by atomic mass is 19.1. The van der Waals surface area contributed by atoms with E-state index in [9.17, 15) is 9.65 Å². The Morgan fingerprint density at radius 1 is 0.724 bits per heavy atom. The van der Waals surface area contributed by atoms with E-state index < -0.39 is 0 Å². The van der Waals surface area contributed by atoms with Gasteiger partial charge in [0.05, 0.1) is 51.1 Å². The van der Waals surface area contributed by atoms with Crippen molar-refractivity contribution < 1.29 is 8.78 Å². The molecular weight excluding hydrogens is 735 g/mol. The van der Waals surface area contributed by atoms with Crippen LogP contribution in [0.25, 0.3) is 60.9 Å². The summed E-state index contributed by atoms with van der Waals surface area (Å²) < 4.78 is 33.3. The highest BCUT2D eigenvalue weighted by molar-refractivity contribution is 5.89. The molecule has 0 radical (unpaired) electrons. The molecule has 10 rings (SSSR count). The summed E-state index contributed by atoms with van der Waals surface area (Å²) in [5.41, 5.74) is 9.28. The minimum atomic E-state index is -0.367. The Morgan fingerprint density at radius 2 is 1.45 bits per heavy atom. The van der Waals surface area contributed by atoms with Crippen molar-refractivity contribution in [3.63, 3.8) is 0 Å². The number of likely N-dealkylation sites (tertiary alicyclic amines) is 1. The number of nitriles is 1. The molecule has 0 unspecified atom stereocenters. The smallest absolute Gasteiger partial charge is 0.171 e. The molecule has 58 heavy (non-hydrogen) atoms. The van der Waals surface area contributed by atoms with Gasteiger partial charge in [0, 0.05) is 46.4 Å². The molecule has 0 atom stereocenters. The van der Waals surface area contributed by atoms with Gasteiger partial charge in [0.15, 0.2) is 5.65 Å². The molecule has 12 nitrogen and oxygen atoms in total. The Hall–Kier alpha value is -6.30. The number of aryl methyl sites for hydroxylation is 3. The van der Waals surface area contributed by atoms with E-state index in [1.807, 2.05) is 51.4 Å². The van der Waals surface area contributed by atoms with Gasteiger partial charge in [0.1, 0.15) is 17.7 Å². The van der Waals surface area contributed by atoms with Crippen LogP contribution in [0.15, 0.2) is 67.0 Å². The third-order valence-electron chi connectivity index (χ3n) is 11.5. The lowest BCUT2D eigenvalue weighted by molar-refractivity contribution is 0.253. The average Bonchev–Trinajstić information content (AvgIpc) is 3.82. The molecule has 0 aliphatic carbocycles. The van der Waals surface area contributed by atoms with Crippen LogP contribution in [-0.2, 0) is 7.05 Å². The molecule has 2 aliphatic rings. The fraction of sp³-hybridized carbons (Fsp3) is 0.318. The van der Waals surface area contributed by atoms with Gasteiger partial charge in [-0.05, 0) is 144 Å². The quantitative estimate of drug-likeness (QED) is 0.191. The van der Waals surface area contributed by atoms with E-state index in [2.05, 4.69) is 58.9 Å². The van der Waals surface area contributed by atoms with Crippen molar-refractivity contribution in [3.05, 3.63) is 107 Å². The van der Waals surface area contributed by atoms with Gasteiger partial charge in [0.2, 0.25) is 0 Å². The summed E-state index contributed by atoms with van der Waals surface area (Å²) in [6.07, 6.45) is 7.78. The van der Waals surface area contributed by atoms with Gasteiger partial charge in [-0.1, -0.05) is 0 Å². The normalized spacial score (nSPS) is 15.6. The predicted molar refractivity (Wildman–Crippen MR) is 219 cm³/mol. The van der Waals surface area contributed by atoms with Crippen molar-refractivity contribution in [2.24, 2.45) is 7.05 Å². The highest BCUT2D eigenvalue weighted by Gasteiger charge is 2.22. The van der Waals surface area contributed by atoms with Crippen molar-refractivity contribution >= 4 is 38.4 Å². The number of fused-ring (bicyclic) bond motifs is 4. The molecule has 2 saturated heterocycles. The minimum absolute atomic E-state index is 0.221. The van der Waals surface area contributed by atoms with Gasteiger partial charge in [-0.25, -0.2) is 18.3 Å². The monoisotopic (exact) mass is 776 g/mol. The van der Waals surface area contributed by atoms with Crippen LogP contribution < -0.4 is 5.32 Å². The Balaban J connectivity index is 0.000000151. The Kier molecular flexibility index (Phi) is 9.79. The van der Waals surface area contributed by atoms with Crippen molar-refractivity contribution in [2.75, 3.05) is 33.2 Å². The predicted octanol–water partition coefficient (Wildman–Crippen LogP) is 7.57. The summed E-state index contributed by atoms with van der Waals surface area (Å²) in [5.74, 6) is 0.108. The molecule has 3 aromatic carbocycles. The molecule has 1 N–H and O–H groups in total. The lowest BCUT2D eigenvalue weighted by atomic mass is 9.89. The maximum absolute atomic E-state index is 15.1. The van der Waals surface area contributed by atoms with Crippen molar-refractivity contribution in [1.29, 1.82) is 5.26 Å². The Morgan fingerprint density at radius 3 is 2.24 bits per heavy atom. The maximum Gasteiger partial charge on any atom is 0.171 e. The van der Waals surface area contributed by atoms with Crippen molar-refractivity contribution in [1.82, 2.24) is 55.0 Å². The van der Waals surface area contributed by atoms with Crippen LogP contribution in [0.1, 0.15) is 65.6 Å². The molecule has 7 heterocycles. The van der Waals surface area contributed by atoms with Crippen molar-refractivity contribution in [2.45, 2.75) is 51.4 Å². The number of hydrogen-bond donors (Lipinski definition) is 1. The Labute approximate surface area is 333 Å². The first-order valence-corrected chi connectivity index (χ1v) is 19.6. The van der Waals surface area contributed by atoms with Crippen LogP contribution in [0.5, 0.6) is 0 Å². The van der Waals surface area contributed by atoms with E-state index in [-0.39, 0.29) is 11.6 Å². The van der Waals surface area contributed by atoms with Gasteiger partial charge >= 0.3 is 0 Å². The maximum atomic E-state index is 15.1. The molecule has 0 spiro atoms. The van der Waals surface area contributed by atoms with Crippen LogP contribution in [0, 0.1) is 36.8 Å². The number of halogens is 2. The van der Waals surface area contributed by atoms with Crippen LogP contribution in [0.3, 0.4) is 0 Å². The van der Waals surface area contributed by atoms with Crippen LogP contribution in [0.2, 0.25) is 0 Å². The number of piperidine rings is 2. The number of nitrogens with one attached hydrogen (secondary N) is 1. The second-order valence-corrected chi connectivity index (χ2v) is 15.7. The summed E-state index contributed by atoms with van der Waals surface area (Å²) >= 11 is 0. The summed E-state index contributed by atoms with van der Waals surface area (Å²) in [7, 11) is 4.02. The molecular formula is C44H42F2N12. The van der Waals surface area contributed by atoms with E-state index >= 15 is 4.39 Å². The van der Waals surface area contributed by atoms with Gasteiger partial charge in [-0.3, -0.25) is 4.68 Å². The minimum Gasteiger partial charge on any atom is -0.317 e. The molecule has 5 aromatic heterocycles. The number of benzene rings is 3. The number of aromatic nitrogens is 9. The molecule has 2 aliphatic heterocycles. The molecule has 0 bridgehead atoms. The molecule has 14 heteroatoms. The zero-order chi connectivity index (χ0) is 40.1. The van der Waals surface area contributed by atoms with Crippen LogP contribution in [0.4, 0.5) is 8.78 Å². The fourth-order valence-electron chi connectivity index (χ4n) is 8.32. The lowest BCUT2D eigenvalue weighted by Gasteiger charge is -2.28. The van der Waals surface area contributed by atoms with Gasteiger partial charge < -0.3 is 10.2 Å². The van der Waals surface area contributed by atoms with E-state index in [0.717, 1.165) is 90.8 Å². The summed E-state index contributed by atoms with van der Waals surface area (Å²) in [4.78, 5) is 6.61. The summed E-state index contributed by atoms with van der Waals surface area (Å²) in [6.45, 7) is 7.84. The van der Waals surface area contributed by atoms with E-state index in [1.165, 1.54) is 6.07 Å². The zero-order valence-corrected chi connectivity index (χ0v) is 32.8. The van der Waals surface area contributed by atoms with Gasteiger partial charge in [0.25, 0.3) is 0 Å². The van der Waals surface area contributed by atoms with Crippen LogP contribution >= 0.6 is 0 Å². The van der Waals surface area contributed by atoms with E-state index in [1.54, 1.807) is 39.7 Å². The molecule has 2 fully saturated rings. The standard InChI is InChI=1S/C22H20FN7.C22H22FN5/c1-13-12-30-22(25-13)16(11-24)9-20(28-30)15-7-18(23)17-10-19(26-27-21(17)8-15)14-3-5-29(2)6-4-14;1-13-7-16(8-17-12-28(2)27-22(13)17)20-11-18-19(23)9-15(10-21(18)26-25-20)14-3-5-24-6-4-14/h7-10,12,14H,3-6H2,1-2H3;7-12,14,24H,3-6H2,1-2H3. The number of rotatable bonds is 4. The Bertz CT molecular complexity index is 2900. The van der Waals surface area contributed by atoms with E-state index in [4.69, 9.17) is 0 Å². The third-order valence-corrected chi connectivity index (χ3v) is 11.5. The molecule has 0 saturated carbocycles. The molecule has 0 amide bonds. The third kappa shape index (κ3) is 7.23. The highest BCUT2D eigenvalue weighted by Crippen LogP contribution is 2.33. The molecule has 8 aromatic rings.